The maximum atomic E-state index is 14.0. The van der Waals surface area contributed by atoms with Gasteiger partial charge in [0.2, 0.25) is 0 Å². The average Bonchev–Trinajstić information content (AvgIpc) is 3.29. The molecule has 2 bridgehead atoms. The van der Waals surface area contributed by atoms with Crippen LogP contribution in [-0.2, 0) is 4.74 Å². The van der Waals surface area contributed by atoms with Gasteiger partial charge in [0.15, 0.2) is 0 Å². The van der Waals surface area contributed by atoms with Crippen molar-refractivity contribution in [2.45, 2.75) is 32.0 Å². The summed E-state index contributed by atoms with van der Waals surface area (Å²) < 4.78 is 19.9. The van der Waals surface area contributed by atoms with E-state index in [1.54, 1.807) is 12.1 Å². The number of morpholine rings is 1. The molecule has 0 spiro atoms. The summed E-state index contributed by atoms with van der Waals surface area (Å²) in [5.41, 5.74) is 3.70. The normalized spacial score (nSPS) is 21.3. The Balaban J connectivity index is 1.37. The van der Waals surface area contributed by atoms with Crippen LogP contribution in [0.3, 0.4) is 0 Å². The van der Waals surface area contributed by atoms with Crippen LogP contribution in [0.4, 0.5) is 15.8 Å². The van der Waals surface area contributed by atoms with Crippen molar-refractivity contribution in [3.8, 4) is 0 Å². The molecule has 3 aromatic rings. The van der Waals surface area contributed by atoms with E-state index in [1.165, 1.54) is 6.07 Å². The number of carbonyl (C=O) groups is 1. The van der Waals surface area contributed by atoms with Crippen molar-refractivity contribution in [2.24, 2.45) is 0 Å². The molecule has 0 saturated carbocycles. The van der Waals surface area contributed by atoms with E-state index in [4.69, 9.17) is 4.74 Å². The third kappa shape index (κ3) is 3.03. The number of fused-ring (bicyclic) bond motifs is 3. The van der Waals surface area contributed by atoms with Gasteiger partial charge in [-0.05, 0) is 55.7 Å². The topological polar surface area (TPSA) is 57.4 Å². The van der Waals surface area contributed by atoms with Crippen molar-refractivity contribution in [3.05, 3.63) is 59.5 Å². The predicted molar refractivity (Wildman–Crippen MR) is 107 cm³/mol. The van der Waals surface area contributed by atoms with Gasteiger partial charge >= 0.3 is 0 Å². The number of nitrogens with one attached hydrogen (secondary N) is 2. The number of hydrogen-bond donors (Lipinski definition) is 2. The number of aromatic nitrogens is 1. The molecule has 2 saturated heterocycles. The molecule has 28 heavy (non-hydrogen) atoms. The van der Waals surface area contributed by atoms with Gasteiger partial charge in [-0.3, -0.25) is 4.79 Å². The van der Waals surface area contributed by atoms with E-state index in [0.717, 1.165) is 42.9 Å². The van der Waals surface area contributed by atoms with Crippen molar-refractivity contribution in [3.63, 3.8) is 0 Å². The molecule has 2 N–H and O–H groups in total. The Morgan fingerprint density at radius 3 is 2.71 bits per heavy atom. The number of H-pyrrole nitrogens is 1. The summed E-state index contributed by atoms with van der Waals surface area (Å²) in [5.74, 6) is -0.617. The molecule has 2 atom stereocenters. The number of rotatable bonds is 3. The largest absolute Gasteiger partial charge is 0.371 e. The SMILES string of the molecule is Cc1ccc(F)c2cc(C(=O)Nc3cccc(N4CC5CCC(C4)O5)c3)[nH]c12. The highest BCUT2D eigenvalue weighted by Gasteiger charge is 2.33. The van der Waals surface area contributed by atoms with Gasteiger partial charge < -0.3 is 19.9 Å². The van der Waals surface area contributed by atoms with Crippen LogP contribution in [0.5, 0.6) is 0 Å². The third-order valence-electron chi connectivity index (χ3n) is 5.71. The van der Waals surface area contributed by atoms with Gasteiger partial charge in [0.1, 0.15) is 11.5 Å². The number of anilines is 2. The van der Waals surface area contributed by atoms with E-state index >= 15 is 0 Å². The summed E-state index contributed by atoms with van der Waals surface area (Å²) in [6.07, 6.45) is 2.85. The Bertz CT molecular complexity index is 1010. The highest BCUT2D eigenvalue weighted by atomic mass is 19.1. The number of amides is 1. The number of aryl methyl sites for hydroxylation is 1. The van der Waals surface area contributed by atoms with Crippen LogP contribution in [0.1, 0.15) is 28.9 Å². The van der Waals surface area contributed by atoms with Crippen molar-refractivity contribution < 1.29 is 13.9 Å². The number of halogens is 1. The van der Waals surface area contributed by atoms with Crippen LogP contribution < -0.4 is 10.2 Å². The van der Waals surface area contributed by atoms with Crippen molar-refractivity contribution in [2.75, 3.05) is 23.3 Å². The first-order valence-electron chi connectivity index (χ1n) is 9.66. The van der Waals surface area contributed by atoms with Gasteiger partial charge in [-0.25, -0.2) is 4.39 Å². The molecule has 2 aliphatic rings. The lowest BCUT2D eigenvalue weighted by Crippen LogP contribution is -2.42. The van der Waals surface area contributed by atoms with Crippen LogP contribution in [0.2, 0.25) is 0 Å². The number of nitrogens with zero attached hydrogens (tertiary/aromatic N) is 1. The van der Waals surface area contributed by atoms with E-state index in [2.05, 4.69) is 21.3 Å². The first-order valence-corrected chi connectivity index (χ1v) is 9.66. The summed E-state index contributed by atoms with van der Waals surface area (Å²) in [4.78, 5) is 18.1. The molecule has 6 heteroatoms. The first-order chi connectivity index (χ1) is 13.6. The summed E-state index contributed by atoms with van der Waals surface area (Å²) >= 11 is 0. The van der Waals surface area contributed by atoms with Crippen LogP contribution in [-0.4, -0.2) is 36.2 Å². The molecule has 2 aromatic carbocycles. The third-order valence-corrected chi connectivity index (χ3v) is 5.71. The highest BCUT2D eigenvalue weighted by Crippen LogP contribution is 2.31. The lowest BCUT2D eigenvalue weighted by atomic mass is 10.1. The summed E-state index contributed by atoms with van der Waals surface area (Å²) in [7, 11) is 0. The van der Waals surface area contributed by atoms with Crippen molar-refractivity contribution in [1.29, 1.82) is 0 Å². The van der Waals surface area contributed by atoms with Gasteiger partial charge in [-0.1, -0.05) is 12.1 Å². The zero-order valence-electron chi connectivity index (χ0n) is 15.7. The fourth-order valence-corrected chi connectivity index (χ4v) is 4.25. The molecule has 3 heterocycles. The lowest BCUT2D eigenvalue weighted by Gasteiger charge is -2.34. The maximum Gasteiger partial charge on any atom is 0.272 e. The summed E-state index contributed by atoms with van der Waals surface area (Å²) in [6, 6.07) is 12.5. The molecule has 2 aliphatic heterocycles. The molecule has 1 aromatic heterocycles. The molecular weight excluding hydrogens is 357 g/mol. The Morgan fingerprint density at radius 1 is 1.18 bits per heavy atom. The Morgan fingerprint density at radius 2 is 1.96 bits per heavy atom. The second kappa shape index (κ2) is 6.63. The Labute approximate surface area is 162 Å². The standard InChI is InChI=1S/C22H22FN3O2/c1-13-5-8-19(23)18-10-20(25-21(13)18)22(27)24-14-3-2-4-15(9-14)26-11-16-6-7-17(12-26)28-16/h2-5,8-10,16-17,25H,6-7,11-12H2,1H3,(H,24,27). The van der Waals surface area contributed by atoms with E-state index in [-0.39, 0.29) is 11.7 Å². The van der Waals surface area contributed by atoms with Gasteiger partial charge in [-0.2, -0.15) is 0 Å². The zero-order chi connectivity index (χ0) is 19.3. The molecular formula is C22H22FN3O2. The molecule has 144 valence electrons. The van der Waals surface area contributed by atoms with E-state index in [9.17, 15) is 9.18 Å². The second-order valence-corrected chi connectivity index (χ2v) is 7.70. The lowest BCUT2D eigenvalue weighted by molar-refractivity contribution is 0.0305. The number of hydrogen-bond acceptors (Lipinski definition) is 3. The molecule has 5 rings (SSSR count). The first kappa shape index (κ1) is 17.3. The fraction of sp³-hybridized carbons (Fsp3) is 0.318. The molecule has 0 aliphatic carbocycles. The maximum absolute atomic E-state index is 14.0. The number of benzene rings is 2. The summed E-state index contributed by atoms with van der Waals surface area (Å²) in [6.45, 7) is 3.65. The molecule has 5 nitrogen and oxygen atoms in total. The zero-order valence-corrected chi connectivity index (χ0v) is 15.7. The van der Waals surface area contributed by atoms with Crippen molar-refractivity contribution >= 4 is 28.2 Å². The number of ether oxygens (including phenoxy) is 1. The smallest absolute Gasteiger partial charge is 0.272 e. The summed E-state index contributed by atoms with van der Waals surface area (Å²) in [5, 5.41) is 3.36. The van der Waals surface area contributed by atoms with E-state index in [1.807, 2.05) is 25.1 Å². The Hall–Kier alpha value is -2.86. The Kier molecular flexibility index (Phi) is 4.09. The van der Waals surface area contributed by atoms with Crippen LogP contribution >= 0.6 is 0 Å². The van der Waals surface area contributed by atoms with Crippen LogP contribution in [0.15, 0.2) is 42.5 Å². The minimum absolute atomic E-state index is 0.283. The predicted octanol–water partition coefficient (Wildman–Crippen LogP) is 4.24. The number of aromatic amines is 1. The van der Waals surface area contributed by atoms with Crippen molar-refractivity contribution in [1.82, 2.24) is 4.98 Å². The molecule has 2 fully saturated rings. The van der Waals surface area contributed by atoms with E-state index in [0.29, 0.717) is 28.8 Å². The van der Waals surface area contributed by atoms with E-state index < -0.39 is 0 Å². The van der Waals surface area contributed by atoms with Gasteiger partial charge in [0, 0.05) is 29.9 Å². The van der Waals surface area contributed by atoms with Crippen LogP contribution in [0, 0.1) is 12.7 Å². The molecule has 2 unspecified atom stereocenters. The monoisotopic (exact) mass is 379 g/mol. The molecule has 1 amide bonds. The average molecular weight is 379 g/mol. The highest BCUT2D eigenvalue weighted by molar-refractivity contribution is 6.06. The van der Waals surface area contributed by atoms with Gasteiger partial charge in [-0.15, -0.1) is 0 Å². The minimum Gasteiger partial charge on any atom is -0.371 e. The minimum atomic E-state index is -0.333. The quantitative estimate of drug-likeness (QED) is 0.716. The van der Waals surface area contributed by atoms with Gasteiger partial charge in [0.05, 0.1) is 17.7 Å². The second-order valence-electron chi connectivity index (χ2n) is 7.70. The fourth-order valence-electron chi connectivity index (χ4n) is 4.25. The number of carbonyl (C=O) groups excluding carboxylic acids is 1. The van der Waals surface area contributed by atoms with Gasteiger partial charge in [0.25, 0.3) is 5.91 Å². The van der Waals surface area contributed by atoms with Crippen LogP contribution in [0.25, 0.3) is 10.9 Å². The molecule has 0 radical (unpaired) electrons.